The molecule has 23 heavy (non-hydrogen) atoms. The first-order chi connectivity index (χ1) is 11.1. The summed E-state index contributed by atoms with van der Waals surface area (Å²) in [6.45, 7) is 5.53. The lowest BCUT2D eigenvalue weighted by Gasteiger charge is -2.22. The fraction of sp³-hybridized carbons (Fsp3) is 0.312. The van der Waals surface area contributed by atoms with E-state index in [4.69, 9.17) is 23.2 Å². The van der Waals surface area contributed by atoms with Crippen LogP contribution in [0.15, 0.2) is 30.6 Å². The number of hydrogen-bond donors (Lipinski definition) is 1. The number of aryl methyl sites for hydroxylation is 1. The zero-order valence-electron chi connectivity index (χ0n) is 12.8. The summed E-state index contributed by atoms with van der Waals surface area (Å²) in [5, 5.41) is 4.23. The molecule has 1 fully saturated rings. The van der Waals surface area contributed by atoms with Gasteiger partial charge in [-0.1, -0.05) is 29.3 Å². The van der Waals surface area contributed by atoms with Gasteiger partial charge >= 0.3 is 0 Å². The molecule has 0 radical (unpaired) electrons. The zero-order valence-corrected chi connectivity index (χ0v) is 14.3. The lowest BCUT2D eigenvalue weighted by Crippen LogP contribution is -2.42. The topological polar surface area (TPSA) is 58.1 Å². The largest absolute Gasteiger partial charge is 0.343 e. The van der Waals surface area contributed by atoms with Crippen LogP contribution in [0.4, 0.5) is 0 Å². The molecule has 1 aromatic heterocycles. The Kier molecular flexibility index (Phi) is 6.77. The number of aromatic nitrogens is 2. The minimum atomic E-state index is 0.533. The molecule has 2 aromatic rings. The van der Waals surface area contributed by atoms with E-state index < -0.39 is 0 Å². The third-order valence-electron chi connectivity index (χ3n) is 3.32. The van der Waals surface area contributed by atoms with Crippen LogP contribution in [0.2, 0.25) is 10.0 Å². The van der Waals surface area contributed by atoms with E-state index in [0.717, 1.165) is 49.5 Å². The Hall–Kier alpha value is -1.69. The number of halogens is 2. The number of piperazine rings is 1. The third kappa shape index (κ3) is 5.46. The van der Waals surface area contributed by atoms with E-state index in [2.05, 4.69) is 15.3 Å². The van der Waals surface area contributed by atoms with Gasteiger partial charge < -0.3 is 10.2 Å². The molecule has 1 amide bonds. The van der Waals surface area contributed by atoms with Crippen molar-refractivity contribution in [2.24, 2.45) is 0 Å². The van der Waals surface area contributed by atoms with Gasteiger partial charge in [-0.25, -0.2) is 9.97 Å². The molecule has 0 aliphatic carbocycles. The minimum Gasteiger partial charge on any atom is -0.343 e. The summed E-state index contributed by atoms with van der Waals surface area (Å²) in [5.41, 5.74) is 2.71. The molecular weight excluding hydrogens is 335 g/mol. The Morgan fingerprint density at radius 2 is 1.87 bits per heavy atom. The van der Waals surface area contributed by atoms with Crippen LogP contribution >= 0.6 is 23.2 Å². The predicted molar refractivity (Wildman–Crippen MR) is 92.7 cm³/mol. The summed E-state index contributed by atoms with van der Waals surface area (Å²) >= 11 is 11.8. The highest BCUT2D eigenvalue weighted by atomic mass is 35.5. The van der Waals surface area contributed by atoms with Crippen molar-refractivity contribution in [2.45, 2.75) is 6.92 Å². The van der Waals surface area contributed by atoms with Crippen molar-refractivity contribution < 1.29 is 4.79 Å². The van der Waals surface area contributed by atoms with Gasteiger partial charge in [0.05, 0.1) is 15.7 Å². The van der Waals surface area contributed by atoms with E-state index in [1.807, 2.05) is 19.1 Å². The van der Waals surface area contributed by atoms with Gasteiger partial charge in [0.25, 0.3) is 0 Å². The van der Waals surface area contributed by atoms with E-state index in [1.165, 1.54) is 6.33 Å². The first kappa shape index (κ1) is 17.7. The van der Waals surface area contributed by atoms with Crippen LogP contribution in [-0.2, 0) is 4.79 Å². The number of carbonyl (C=O) groups is 1. The molecule has 5 nitrogen and oxygen atoms in total. The average molecular weight is 353 g/mol. The van der Waals surface area contributed by atoms with Crippen LogP contribution in [0.25, 0.3) is 11.3 Å². The van der Waals surface area contributed by atoms with Crippen LogP contribution in [0.1, 0.15) is 5.69 Å². The van der Waals surface area contributed by atoms with E-state index in [0.29, 0.717) is 10.0 Å². The highest BCUT2D eigenvalue weighted by Gasteiger charge is 2.04. The maximum atomic E-state index is 10.1. The van der Waals surface area contributed by atoms with Crippen LogP contribution < -0.4 is 5.32 Å². The fourth-order valence-corrected chi connectivity index (χ4v) is 2.35. The van der Waals surface area contributed by atoms with Gasteiger partial charge in [-0.2, -0.15) is 0 Å². The molecule has 3 rings (SSSR count). The predicted octanol–water partition coefficient (Wildman–Crippen LogP) is 2.81. The number of nitrogens with one attached hydrogen (secondary N) is 1. The van der Waals surface area contributed by atoms with Crippen molar-refractivity contribution in [1.29, 1.82) is 0 Å². The molecule has 1 aliphatic heterocycles. The van der Waals surface area contributed by atoms with E-state index in [1.54, 1.807) is 17.0 Å². The Labute approximate surface area is 145 Å². The molecule has 0 bridgehead atoms. The quantitative estimate of drug-likeness (QED) is 0.844. The molecule has 0 unspecified atom stereocenters. The number of amides is 1. The summed E-state index contributed by atoms with van der Waals surface area (Å²) in [5.74, 6) is 0. The van der Waals surface area contributed by atoms with Crippen LogP contribution in [0.3, 0.4) is 0 Å². The van der Waals surface area contributed by atoms with E-state index in [-0.39, 0.29) is 0 Å². The lowest BCUT2D eigenvalue weighted by atomic mass is 10.1. The normalized spacial score (nSPS) is 14.0. The highest BCUT2D eigenvalue weighted by Crippen LogP contribution is 2.27. The first-order valence-corrected chi connectivity index (χ1v) is 8.00. The monoisotopic (exact) mass is 352 g/mol. The number of carbonyl (C=O) groups excluding carboxylic acids is 1. The Morgan fingerprint density at radius 1 is 1.13 bits per heavy atom. The summed E-state index contributed by atoms with van der Waals surface area (Å²) in [4.78, 5) is 20.0. The first-order valence-electron chi connectivity index (χ1n) is 7.24. The molecule has 1 N–H and O–H groups in total. The Balaban J connectivity index is 0.000000203. The summed E-state index contributed by atoms with van der Waals surface area (Å²) in [6.07, 6.45) is 2.44. The molecule has 0 spiro atoms. The van der Waals surface area contributed by atoms with Gasteiger partial charge in [-0.05, 0) is 25.1 Å². The molecule has 1 aliphatic rings. The van der Waals surface area contributed by atoms with Gasteiger partial charge in [-0.3, -0.25) is 4.79 Å². The molecule has 1 aromatic carbocycles. The third-order valence-corrected chi connectivity index (χ3v) is 4.06. The van der Waals surface area contributed by atoms with Crippen molar-refractivity contribution in [3.63, 3.8) is 0 Å². The zero-order chi connectivity index (χ0) is 16.7. The molecule has 0 saturated carbocycles. The molecular formula is C16H18Cl2N4O. The molecule has 1 saturated heterocycles. The fourth-order valence-electron chi connectivity index (χ4n) is 2.06. The van der Waals surface area contributed by atoms with E-state index in [9.17, 15) is 4.79 Å². The summed E-state index contributed by atoms with van der Waals surface area (Å²) in [7, 11) is 0. The van der Waals surface area contributed by atoms with Crippen LogP contribution in [0, 0.1) is 6.92 Å². The second-order valence-electron chi connectivity index (χ2n) is 5.06. The highest BCUT2D eigenvalue weighted by molar-refractivity contribution is 6.42. The second-order valence-corrected chi connectivity index (χ2v) is 5.88. The Bertz CT molecular complexity index is 660. The molecule has 0 atom stereocenters. The van der Waals surface area contributed by atoms with Crippen molar-refractivity contribution in [3.05, 3.63) is 46.3 Å². The van der Waals surface area contributed by atoms with Gasteiger partial charge in [0.2, 0.25) is 6.41 Å². The summed E-state index contributed by atoms with van der Waals surface area (Å²) < 4.78 is 0. The SMILES string of the molecule is Cc1cc(-c2ccc(Cl)c(Cl)c2)ncn1.O=CN1CCNCC1. The van der Waals surface area contributed by atoms with Crippen LogP contribution in [0.5, 0.6) is 0 Å². The van der Waals surface area contributed by atoms with Crippen molar-refractivity contribution in [2.75, 3.05) is 26.2 Å². The molecule has 2 heterocycles. The van der Waals surface area contributed by atoms with Gasteiger partial charge in [0.1, 0.15) is 6.33 Å². The van der Waals surface area contributed by atoms with Gasteiger partial charge in [0, 0.05) is 37.4 Å². The summed E-state index contributed by atoms with van der Waals surface area (Å²) in [6, 6.07) is 7.35. The van der Waals surface area contributed by atoms with Gasteiger partial charge in [-0.15, -0.1) is 0 Å². The second kappa shape index (κ2) is 8.82. The van der Waals surface area contributed by atoms with E-state index >= 15 is 0 Å². The standard InChI is InChI=1S/C11H8Cl2N2.C5H10N2O/c1-7-4-11(15-6-14-7)8-2-3-9(12)10(13)5-8;8-5-7-3-1-6-2-4-7/h2-6H,1H3;5-6H,1-4H2. The smallest absolute Gasteiger partial charge is 0.209 e. The number of rotatable bonds is 2. The Morgan fingerprint density at radius 3 is 2.43 bits per heavy atom. The van der Waals surface area contributed by atoms with Crippen molar-refractivity contribution >= 4 is 29.6 Å². The van der Waals surface area contributed by atoms with Crippen molar-refractivity contribution in [1.82, 2.24) is 20.2 Å². The number of benzene rings is 1. The number of nitrogens with zero attached hydrogens (tertiary/aromatic N) is 3. The average Bonchev–Trinajstić information content (AvgIpc) is 2.58. The van der Waals surface area contributed by atoms with Crippen LogP contribution in [-0.4, -0.2) is 47.5 Å². The van der Waals surface area contributed by atoms with Crippen molar-refractivity contribution in [3.8, 4) is 11.3 Å². The molecule has 7 heteroatoms. The minimum absolute atomic E-state index is 0.533. The van der Waals surface area contributed by atoms with Gasteiger partial charge in [0.15, 0.2) is 0 Å². The maximum absolute atomic E-state index is 10.1. The molecule has 122 valence electrons. The lowest BCUT2D eigenvalue weighted by molar-refractivity contribution is -0.118. The number of hydrogen-bond acceptors (Lipinski definition) is 4. The maximum Gasteiger partial charge on any atom is 0.209 e.